The van der Waals surface area contributed by atoms with Crippen molar-refractivity contribution in [1.82, 2.24) is 14.9 Å². The predicted molar refractivity (Wildman–Crippen MR) is 78.8 cm³/mol. The number of H-pyrrole nitrogens is 1. The highest BCUT2D eigenvalue weighted by Gasteiger charge is 2.36. The Bertz CT molecular complexity index is 938. The van der Waals surface area contributed by atoms with Crippen molar-refractivity contribution in [2.75, 3.05) is 6.54 Å². The smallest absolute Gasteiger partial charge is 0.303 e. The summed E-state index contributed by atoms with van der Waals surface area (Å²) in [6, 6.07) is 3.41. The maximum Gasteiger partial charge on any atom is 0.449 e. The minimum absolute atomic E-state index is 0.0678. The second-order valence-corrected chi connectivity index (χ2v) is 5.83. The third kappa shape index (κ3) is 3.43. The average molecular weight is 370 g/mol. The summed E-state index contributed by atoms with van der Waals surface area (Å²) < 4.78 is 66.4. The second-order valence-electron chi connectivity index (χ2n) is 5.83. The van der Waals surface area contributed by atoms with Crippen molar-refractivity contribution in [2.45, 2.75) is 25.7 Å². The first-order chi connectivity index (χ1) is 12.2. The van der Waals surface area contributed by atoms with Gasteiger partial charge in [0.15, 0.2) is 0 Å². The molecular weight excluding hydrogens is 359 g/mol. The van der Waals surface area contributed by atoms with Crippen molar-refractivity contribution >= 4 is 0 Å². The number of nitrogens with zero attached hydrogens (tertiary/aromatic N) is 3. The minimum atomic E-state index is -4.80. The van der Waals surface area contributed by atoms with E-state index < -0.39 is 29.2 Å². The van der Waals surface area contributed by atoms with Crippen molar-refractivity contribution in [3.05, 3.63) is 62.3 Å². The molecule has 0 atom stereocenters. The number of nitriles is 1. The predicted octanol–water partition coefficient (Wildman–Crippen LogP) is 2.50. The van der Waals surface area contributed by atoms with Crippen LogP contribution in [0.5, 0.6) is 0 Å². The van der Waals surface area contributed by atoms with Crippen LogP contribution in [-0.4, -0.2) is 21.4 Å². The van der Waals surface area contributed by atoms with E-state index in [9.17, 15) is 26.7 Å². The summed E-state index contributed by atoms with van der Waals surface area (Å²) in [5, 5.41) is 8.70. The van der Waals surface area contributed by atoms with Gasteiger partial charge in [-0.05, 0) is 18.6 Å². The van der Waals surface area contributed by atoms with Crippen molar-refractivity contribution in [2.24, 2.45) is 0 Å². The highest BCUT2D eigenvalue weighted by molar-refractivity contribution is 5.34. The van der Waals surface area contributed by atoms with Crippen LogP contribution in [0.1, 0.15) is 28.2 Å². The van der Waals surface area contributed by atoms with E-state index >= 15 is 0 Å². The molecule has 0 fully saturated rings. The van der Waals surface area contributed by atoms with Gasteiger partial charge < -0.3 is 4.98 Å². The lowest BCUT2D eigenvalue weighted by Crippen LogP contribution is -2.36. The minimum Gasteiger partial charge on any atom is -0.303 e. The highest BCUT2D eigenvalue weighted by atomic mass is 19.4. The van der Waals surface area contributed by atoms with E-state index in [0.29, 0.717) is 0 Å². The van der Waals surface area contributed by atoms with Gasteiger partial charge in [0, 0.05) is 30.8 Å². The summed E-state index contributed by atoms with van der Waals surface area (Å²) in [5.74, 6) is -3.23. The van der Waals surface area contributed by atoms with Crippen LogP contribution in [0.2, 0.25) is 0 Å². The molecule has 0 bridgehead atoms. The van der Waals surface area contributed by atoms with Gasteiger partial charge in [0.2, 0.25) is 5.82 Å². The number of fused-ring (bicyclic) bond motifs is 1. The number of aromatic amines is 1. The zero-order valence-corrected chi connectivity index (χ0v) is 13.1. The van der Waals surface area contributed by atoms with Crippen LogP contribution < -0.4 is 5.56 Å². The fourth-order valence-electron chi connectivity index (χ4n) is 2.81. The molecule has 136 valence electrons. The van der Waals surface area contributed by atoms with Crippen LogP contribution in [0.25, 0.3) is 0 Å². The summed E-state index contributed by atoms with van der Waals surface area (Å²) in [4.78, 5) is 18.5. The van der Waals surface area contributed by atoms with Crippen molar-refractivity contribution in [3.63, 3.8) is 0 Å². The van der Waals surface area contributed by atoms with Gasteiger partial charge in [0.1, 0.15) is 11.6 Å². The van der Waals surface area contributed by atoms with Crippen LogP contribution in [0.15, 0.2) is 16.9 Å². The first-order valence-corrected chi connectivity index (χ1v) is 7.48. The summed E-state index contributed by atoms with van der Waals surface area (Å²) in [5.41, 5.74) is -1.27. The van der Waals surface area contributed by atoms with Crippen molar-refractivity contribution in [1.29, 1.82) is 5.26 Å². The normalized spacial score (nSPS) is 14.8. The fourth-order valence-corrected chi connectivity index (χ4v) is 2.81. The molecule has 0 saturated heterocycles. The molecule has 3 rings (SSSR count). The Morgan fingerprint density at radius 1 is 1.27 bits per heavy atom. The van der Waals surface area contributed by atoms with Gasteiger partial charge in [-0.15, -0.1) is 0 Å². The Morgan fingerprint density at radius 3 is 2.50 bits per heavy atom. The maximum absolute atomic E-state index is 14.0. The SMILES string of the molecule is N#Cc1cc(F)c(CN2CCc3c(nc(C(F)(F)F)[nH]c3=O)C2)c(F)c1. The van der Waals surface area contributed by atoms with E-state index in [2.05, 4.69) is 4.98 Å². The van der Waals surface area contributed by atoms with Crippen LogP contribution in [0.3, 0.4) is 0 Å². The molecule has 1 aromatic heterocycles. The summed E-state index contributed by atoms with van der Waals surface area (Å²) in [7, 11) is 0. The zero-order valence-electron chi connectivity index (χ0n) is 13.1. The van der Waals surface area contributed by atoms with E-state index in [1.807, 2.05) is 0 Å². The Kier molecular flexibility index (Phi) is 4.50. The second kappa shape index (κ2) is 6.49. The molecule has 0 amide bonds. The molecular formula is C16H11F5N4O. The van der Waals surface area contributed by atoms with Crippen LogP contribution in [-0.2, 0) is 25.7 Å². The van der Waals surface area contributed by atoms with Crippen LogP contribution in [0, 0.1) is 23.0 Å². The van der Waals surface area contributed by atoms with Gasteiger partial charge in [0.05, 0.1) is 17.3 Å². The van der Waals surface area contributed by atoms with Crippen molar-refractivity contribution < 1.29 is 22.0 Å². The first kappa shape index (κ1) is 18.0. The monoisotopic (exact) mass is 370 g/mol. The topological polar surface area (TPSA) is 72.8 Å². The lowest BCUT2D eigenvalue weighted by molar-refractivity contribution is -0.145. The van der Waals surface area contributed by atoms with Gasteiger partial charge in [-0.25, -0.2) is 13.8 Å². The number of nitrogens with one attached hydrogen (secondary N) is 1. The first-order valence-electron chi connectivity index (χ1n) is 7.48. The maximum atomic E-state index is 14.0. The van der Waals surface area contributed by atoms with Crippen LogP contribution in [0.4, 0.5) is 22.0 Å². The molecule has 0 spiro atoms. The van der Waals surface area contributed by atoms with Crippen LogP contribution >= 0.6 is 0 Å². The number of aromatic nitrogens is 2. The number of hydrogen-bond acceptors (Lipinski definition) is 4. The van der Waals surface area contributed by atoms with E-state index in [-0.39, 0.29) is 48.4 Å². The molecule has 26 heavy (non-hydrogen) atoms. The van der Waals surface area contributed by atoms with Gasteiger partial charge in [-0.3, -0.25) is 9.69 Å². The molecule has 1 aliphatic rings. The lowest BCUT2D eigenvalue weighted by Gasteiger charge is -2.28. The van der Waals surface area contributed by atoms with Crippen molar-refractivity contribution in [3.8, 4) is 6.07 Å². The number of rotatable bonds is 2. The van der Waals surface area contributed by atoms with E-state index in [0.717, 1.165) is 12.1 Å². The molecule has 1 N–H and O–H groups in total. The summed E-state index contributed by atoms with van der Waals surface area (Å²) in [6.07, 6.45) is -4.70. The molecule has 0 aliphatic carbocycles. The highest BCUT2D eigenvalue weighted by Crippen LogP contribution is 2.27. The van der Waals surface area contributed by atoms with Gasteiger partial charge in [0.25, 0.3) is 5.56 Å². The van der Waals surface area contributed by atoms with Gasteiger partial charge >= 0.3 is 6.18 Å². The third-order valence-corrected chi connectivity index (χ3v) is 4.07. The lowest BCUT2D eigenvalue weighted by atomic mass is 10.0. The average Bonchev–Trinajstić information content (AvgIpc) is 2.56. The molecule has 1 aromatic carbocycles. The van der Waals surface area contributed by atoms with E-state index in [4.69, 9.17) is 5.26 Å². The molecule has 0 saturated carbocycles. The molecule has 0 radical (unpaired) electrons. The summed E-state index contributed by atoms with van der Waals surface area (Å²) >= 11 is 0. The number of benzene rings is 1. The van der Waals surface area contributed by atoms with Gasteiger partial charge in [-0.2, -0.15) is 18.4 Å². The number of halogens is 5. The number of alkyl halides is 3. The molecule has 2 heterocycles. The molecule has 10 heteroatoms. The Morgan fingerprint density at radius 2 is 1.92 bits per heavy atom. The molecule has 0 unspecified atom stereocenters. The summed E-state index contributed by atoms with van der Waals surface area (Å²) in [6.45, 7) is -0.151. The van der Waals surface area contributed by atoms with Gasteiger partial charge in [-0.1, -0.05) is 0 Å². The van der Waals surface area contributed by atoms with E-state index in [1.165, 1.54) is 4.90 Å². The third-order valence-electron chi connectivity index (χ3n) is 4.07. The Hall–Kier alpha value is -2.80. The van der Waals surface area contributed by atoms with E-state index in [1.54, 1.807) is 11.1 Å². The quantitative estimate of drug-likeness (QED) is 0.825. The zero-order chi connectivity index (χ0) is 19.1. The molecule has 2 aromatic rings. The molecule has 5 nitrogen and oxygen atoms in total. The molecule has 1 aliphatic heterocycles. The Balaban J connectivity index is 1.89. The standard InChI is InChI=1S/C16H11F5N4O/c17-11-3-8(5-22)4-12(18)10(11)6-25-2-1-9-13(7-25)23-15(16(19,20)21)24-14(9)26/h3-4H,1-2,6-7H2,(H,23,24,26). The fraction of sp³-hybridized carbons (Fsp3) is 0.312. The Labute approximate surface area is 143 Å². The number of hydrogen-bond donors (Lipinski definition) is 1. The largest absolute Gasteiger partial charge is 0.449 e.